The molecule has 3 heterocycles. The third-order valence-electron chi connectivity index (χ3n) is 7.10. The van der Waals surface area contributed by atoms with Crippen molar-refractivity contribution in [1.82, 2.24) is 9.34 Å². The number of nitrogens with zero attached hydrogens (tertiary/aromatic N) is 4. The Morgan fingerprint density at radius 3 is 2.00 bits per heavy atom. The molecule has 2 saturated heterocycles. The number of anilines is 1. The van der Waals surface area contributed by atoms with E-state index >= 15 is 0 Å². The summed E-state index contributed by atoms with van der Waals surface area (Å²) in [5.41, 5.74) is 3.66. The largest absolute Gasteiger partial charge is 0.379 e. The number of morpholine rings is 2. The quantitative estimate of drug-likeness (QED) is 0.333. The van der Waals surface area contributed by atoms with Crippen LogP contribution in [0.5, 0.6) is 0 Å². The second-order valence-electron chi connectivity index (χ2n) is 10.5. The fourth-order valence-corrected chi connectivity index (χ4v) is 10.3. The normalized spacial score (nSPS) is 23.6. The summed E-state index contributed by atoms with van der Waals surface area (Å²) < 4.78 is 22.2. The number of allylic oxidation sites excluding steroid dienone is 1. The summed E-state index contributed by atoms with van der Waals surface area (Å²) in [4.78, 5) is 2.97. The van der Waals surface area contributed by atoms with E-state index in [0.29, 0.717) is 4.99 Å². The smallest absolute Gasteiger partial charge is 0.129 e. The second kappa shape index (κ2) is 9.52. The highest BCUT2D eigenvalue weighted by atomic mass is 32.1. The third-order valence-corrected chi connectivity index (χ3v) is 12.1. The van der Waals surface area contributed by atoms with E-state index in [0.717, 1.165) is 52.6 Å². The summed E-state index contributed by atoms with van der Waals surface area (Å²) in [6.07, 6.45) is 2.15. The van der Waals surface area contributed by atoms with Crippen molar-refractivity contribution in [1.29, 1.82) is 0 Å². The van der Waals surface area contributed by atoms with Crippen molar-refractivity contribution in [2.45, 2.75) is 45.2 Å². The van der Waals surface area contributed by atoms with Crippen LogP contribution in [0.1, 0.15) is 40.2 Å². The molecule has 0 spiro atoms. The first-order chi connectivity index (χ1) is 15.6. The van der Waals surface area contributed by atoms with Crippen molar-refractivity contribution in [2.24, 2.45) is 4.74 Å². The Morgan fingerprint density at radius 2 is 1.52 bits per heavy atom. The first kappa shape index (κ1) is 25.0. The number of thiocarbonyl (C=S) groups is 1. The fourth-order valence-electron chi connectivity index (χ4n) is 5.51. The van der Waals surface area contributed by atoms with Crippen LogP contribution in [0.15, 0.2) is 40.8 Å². The predicted octanol–water partition coefficient (Wildman–Crippen LogP) is 5.12. The number of hydrogen-bond acceptors (Lipinski definition) is 4. The average molecular weight is 491 g/mol. The van der Waals surface area contributed by atoms with Gasteiger partial charge in [-0.2, -0.15) is 0 Å². The number of rotatable bonds is 3. The van der Waals surface area contributed by atoms with Crippen molar-refractivity contribution in [3.05, 3.63) is 41.6 Å². The average Bonchev–Trinajstić information content (AvgIpc) is 2.98. The van der Waals surface area contributed by atoms with E-state index in [9.17, 15) is 0 Å². The molecule has 1 aromatic rings. The molecule has 182 valence electrons. The highest BCUT2D eigenvalue weighted by Crippen LogP contribution is 2.66. The van der Waals surface area contributed by atoms with Crippen molar-refractivity contribution in [2.75, 3.05) is 64.6 Å². The van der Waals surface area contributed by atoms with E-state index in [1.165, 1.54) is 16.9 Å². The van der Waals surface area contributed by atoms with Gasteiger partial charge >= 0.3 is 0 Å². The van der Waals surface area contributed by atoms with Gasteiger partial charge in [0.25, 0.3) is 0 Å². The van der Waals surface area contributed by atoms with Crippen LogP contribution in [0.4, 0.5) is 5.69 Å². The summed E-state index contributed by atoms with van der Waals surface area (Å²) in [6.45, 7) is 18.1. The number of likely N-dealkylation sites (N-methyl/N-ethyl adjacent to an activating group) is 1. The molecule has 4 rings (SSSR count). The molecule has 0 amide bonds. The minimum Gasteiger partial charge on any atom is -0.379 e. The van der Waals surface area contributed by atoms with E-state index in [4.69, 9.17) is 26.4 Å². The van der Waals surface area contributed by atoms with Gasteiger partial charge in [-0.25, -0.2) is 4.74 Å². The highest BCUT2D eigenvalue weighted by molar-refractivity contribution is 7.81. The monoisotopic (exact) mass is 490 g/mol. The van der Waals surface area contributed by atoms with Gasteiger partial charge in [-0.1, -0.05) is 65.0 Å². The zero-order valence-corrected chi connectivity index (χ0v) is 22.7. The first-order valence-corrected chi connectivity index (χ1v) is 14.0. The number of ether oxygens (including phenoxy) is 2. The Hall–Kier alpha value is -1.08. The van der Waals surface area contributed by atoms with Gasteiger partial charge in [-0.05, 0) is 17.7 Å². The van der Waals surface area contributed by atoms with Crippen LogP contribution in [0.25, 0.3) is 0 Å². The van der Waals surface area contributed by atoms with E-state index < -0.39 is 7.36 Å². The third kappa shape index (κ3) is 4.49. The van der Waals surface area contributed by atoms with E-state index in [1.807, 2.05) is 0 Å². The first-order valence-electron chi connectivity index (χ1n) is 12.0. The minimum absolute atomic E-state index is 0.0513. The van der Waals surface area contributed by atoms with Gasteiger partial charge in [0.05, 0.1) is 26.4 Å². The van der Waals surface area contributed by atoms with Crippen molar-refractivity contribution < 1.29 is 9.47 Å². The maximum atomic E-state index is 6.05. The molecule has 0 aliphatic carbocycles. The maximum Gasteiger partial charge on any atom is 0.129 e. The molecule has 0 unspecified atom stereocenters. The summed E-state index contributed by atoms with van der Waals surface area (Å²) in [5, 5.41) is -0.0513. The highest BCUT2D eigenvalue weighted by Gasteiger charge is 2.46. The fraction of sp³-hybridized carbons (Fsp3) is 0.640. The Morgan fingerprint density at radius 1 is 1.00 bits per heavy atom. The molecule has 33 heavy (non-hydrogen) atoms. The molecule has 0 aromatic heterocycles. The lowest BCUT2D eigenvalue weighted by atomic mass is 9.84. The Kier molecular flexibility index (Phi) is 7.22. The summed E-state index contributed by atoms with van der Waals surface area (Å²) in [7, 11) is -0.0145. The van der Waals surface area contributed by atoms with Crippen LogP contribution >= 0.6 is 19.6 Å². The molecule has 1 aromatic carbocycles. The minimum atomic E-state index is -2.15. The van der Waals surface area contributed by atoms with Crippen LogP contribution in [0.3, 0.4) is 0 Å². The van der Waals surface area contributed by atoms with Gasteiger partial charge in [0.2, 0.25) is 0 Å². The van der Waals surface area contributed by atoms with E-state index in [-0.39, 0.29) is 10.6 Å². The van der Waals surface area contributed by atoms with Gasteiger partial charge in [0.15, 0.2) is 0 Å². The predicted molar refractivity (Wildman–Crippen MR) is 142 cm³/mol. The number of benzene rings is 1. The van der Waals surface area contributed by atoms with Gasteiger partial charge in [-0.15, -0.1) is 0 Å². The summed E-state index contributed by atoms with van der Waals surface area (Å²) in [6, 6.07) is 8.63. The molecule has 0 radical (unpaired) electrons. The molecule has 3 aliphatic rings. The van der Waals surface area contributed by atoms with Crippen LogP contribution < -0.4 is 4.90 Å². The van der Waals surface area contributed by atoms with E-state index in [2.05, 4.69) is 86.2 Å². The molecule has 0 atom stereocenters. The Labute approximate surface area is 205 Å². The van der Waals surface area contributed by atoms with Crippen molar-refractivity contribution in [3.8, 4) is 0 Å². The van der Waals surface area contributed by atoms with Gasteiger partial charge in [0.1, 0.15) is 12.3 Å². The van der Waals surface area contributed by atoms with Crippen LogP contribution in [-0.4, -0.2) is 79.1 Å². The van der Waals surface area contributed by atoms with Crippen LogP contribution in [0.2, 0.25) is 0 Å². The van der Waals surface area contributed by atoms with Gasteiger partial charge < -0.3 is 14.4 Å². The molecule has 0 bridgehead atoms. The lowest BCUT2D eigenvalue weighted by Crippen LogP contribution is -2.48. The number of para-hydroxylation sites is 1. The SMILES string of the molecule is CN1/C(=C/C(=S)N=P(N2CCOCC2)(N2CCOCC2)C(C)(C)C)C(C)(C)c2ccccc21. The zero-order valence-electron chi connectivity index (χ0n) is 21.0. The number of fused-ring (bicyclic) bond motifs is 1. The molecule has 2 fully saturated rings. The summed E-state index contributed by atoms with van der Waals surface area (Å²) >= 11 is 6.05. The van der Waals surface area contributed by atoms with Crippen molar-refractivity contribution in [3.63, 3.8) is 0 Å². The van der Waals surface area contributed by atoms with E-state index in [1.54, 1.807) is 0 Å². The maximum absolute atomic E-state index is 6.05. The second-order valence-corrected chi connectivity index (χ2v) is 14.8. The summed E-state index contributed by atoms with van der Waals surface area (Å²) in [5.74, 6) is 0. The van der Waals surface area contributed by atoms with Gasteiger partial charge in [0, 0.05) is 55.2 Å². The van der Waals surface area contributed by atoms with Crippen LogP contribution in [0, 0.1) is 0 Å². The number of hydrogen-bond donors (Lipinski definition) is 0. The van der Waals surface area contributed by atoms with Crippen LogP contribution in [-0.2, 0) is 14.9 Å². The van der Waals surface area contributed by atoms with Gasteiger partial charge in [-0.3, -0.25) is 9.34 Å². The lowest BCUT2D eigenvalue weighted by molar-refractivity contribution is 0.0551. The lowest BCUT2D eigenvalue weighted by Gasteiger charge is -2.52. The molecule has 0 N–H and O–H groups in total. The standard InChI is InChI=1S/C25H39N4O2PS/c1-24(2,3)32(28-11-15-30-16-12-28,29-13-17-31-18-14-29)26-23(33)19-22-25(4,5)20-9-7-8-10-21(20)27(22)6/h7-10,19H,11-18H2,1-6H3/b22-19+. The molecule has 8 heteroatoms. The molecule has 3 aliphatic heterocycles. The topological polar surface area (TPSA) is 40.5 Å². The molecule has 6 nitrogen and oxygen atoms in total. The Bertz CT molecular complexity index is 951. The zero-order chi connectivity index (χ0) is 23.9. The molecule has 0 saturated carbocycles. The molecular formula is C25H39N4O2PS. The Balaban J connectivity index is 1.81. The molecular weight excluding hydrogens is 451 g/mol. The van der Waals surface area contributed by atoms with Crippen molar-refractivity contribution >= 4 is 30.2 Å².